The van der Waals surface area contributed by atoms with Gasteiger partial charge in [0, 0.05) is 37.6 Å². The number of imidazole rings is 1. The zero-order valence-electron chi connectivity index (χ0n) is 19.5. The van der Waals surface area contributed by atoms with Gasteiger partial charge in [-0.1, -0.05) is 18.2 Å². The summed E-state index contributed by atoms with van der Waals surface area (Å²) in [4.78, 5) is 28.1. The van der Waals surface area contributed by atoms with E-state index in [0.29, 0.717) is 31.2 Å². The number of rotatable bonds is 8. The highest BCUT2D eigenvalue weighted by molar-refractivity contribution is 5.85. The molecule has 0 aromatic carbocycles. The molecule has 0 saturated carbocycles. The normalized spacial score (nSPS) is 20.0. The summed E-state index contributed by atoms with van der Waals surface area (Å²) in [5.74, 6) is 1.42. The molecule has 35 heavy (non-hydrogen) atoms. The van der Waals surface area contributed by atoms with Crippen molar-refractivity contribution in [2.24, 2.45) is 0 Å². The Labute approximate surface area is 210 Å². The van der Waals surface area contributed by atoms with E-state index in [1.165, 1.54) is 11.8 Å². The van der Waals surface area contributed by atoms with Crippen molar-refractivity contribution >= 4 is 18.3 Å². The van der Waals surface area contributed by atoms with Gasteiger partial charge in [0.1, 0.15) is 25.1 Å². The van der Waals surface area contributed by atoms with Crippen molar-refractivity contribution in [2.45, 2.75) is 44.7 Å². The van der Waals surface area contributed by atoms with Crippen LogP contribution in [0.3, 0.4) is 0 Å². The van der Waals surface area contributed by atoms with Crippen molar-refractivity contribution < 1.29 is 14.3 Å². The van der Waals surface area contributed by atoms with Crippen LogP contribution in [0.5, 0.6) is 0 Å². The van der Waals surface area contributed by atoms with Gasteiger partial charge in [-0.3, -0.25) is 9.36 Å². The molecule has 1 amide bonds. The average molecular weight is 497 g/mol. The highest BCUT2D eigenvalue weighted by atomic mass is 35.5. The largest absolute Gasteiger partial charge is 0.466 e. The fourth-order valence-electron chi connectivity index (χ4n) is 4.58. The molecule has 2 aromatic rings. The number of carbonyl (C=O) groups excluding carboxylic acids is 1. The van der Waals surface area contributed by atoms with Crippen LogP contribution in [0.15, 0.2) is 73.1 Å². The van der Waals surface area contributed by atoms with Crippen molar-refractivity contribution in [2.75, 3.05) is 13.1 Å². The molecule has 3 aliphatic rings. The molecular formula is C25H29ClN6O3. The highest BCUT2D eigenvalue weighted by Crippen LogP contribution is 2.32. The number of amides is 1. The van der Waals surface area contributed by atoms with Gasteiger partial charge >= 0.3 is 0 Å². The van der Waals surface area contributed by atoms with E-state index in [-0.39, 0.29) is 30.4 Å². The summed E-state index contributed by atoms with van der Waals surface area (Å²) in [5.41, 5.74) is 2.95. The molecule has 5 rings (SSSR count). The number of aryl methyl sites for hydroxylation is 1. The monoisotopic (exact) mass is 496 g/mol. The molecule has 2 unspecified atom stereocenters. The van der Waals surface area contributed by atoms with Crippen LogP contribution in [0.25, 0.3) is 5.95 Å². The standard InChI is InChI=1S/C25H28N6O3.ClH/c1-18-15-20(29-25(28-18)30-11-9-26-17-30)21-7-8-23(32)31(21)12-10-27-24(19-5-3-2-4-6-19)22-16-33-13-14-34-22;/h2-3,5,9,11,13-17,21,24,27H,4,6-8,10,12H2,1H3;1H. The van der Waals surface area contributed by atoms with Gasteiger partial charge in [0.2, 0.25) is 11.9 Å². The van der Waals surface area contributed by atoms with Crippen LogP contribution < -0.4 is 5.32 Å². The first-order chi connectivity index (χ1) is 16.7. The third kappa shape index (κ3) is 5.63. The van der Waals surface area contributed by atoms with Crippen LogP contribution in [0.2, 0.25) is 0 Å². The number of nitrogens with zero attached hydrogens (tertiary/aromatic N) is 5. The van der Waals surface area contributed by atoms with E-state index in [9.17, 15) is 4.79 Å². The van der Waals surface area contributed by atoms with Gasteiger partial charge in [-0.25, -0.2) is 15.0 Å². The number of nitrogens with one attached hydrogen (secondary N) is 1. The minimum Gasteiger partial charge on any atom is -0.466 e. The zero-order valence-corrected chi connectivity index (χ0v) is 20.4. The number of hydrogen-bond acceptors (Lipinski definition) is 7. The molecule has 1 N–H and O–H groups in total. The van der Waals surface area contributed by atoms with Crippen molar-refractivity contribution in [3.05, 3.63) is 84.5 Å². The lowest BCUT2D eigenvalue weighted by atomic mass is 9.96. The predicted molar refractivity (Wildman–Crippen MR) is 132 cm³/mol. The molecule has 4 heterocycles. The van der Waals surface area contributed by atoms with Crippen LogP contribution >= 0.6 is 12.4 Å². The van der Waals surface area contributed by atoms with Crippen LogP contribution in [-0.2, 0) is 14.3 Å². The fraction of sp³-hybridized carbons (Fsp3) is 0.360. The Bertz CT molecular complexity index is 1160. The molecule has 1 fully saturated rings. The molecule has 9 nitrogen and oxygen atoms in total. The molecule has 1 saturated heterocycles. The summed E-state index contributed by atoms with van der Waals surface area (Å²) < 4.78 is 12.8. The highest BCUT2D eigenvalue weighted by Gasteiger charge is 2.33. The summed E-state index contributed by atoms with van der Waals surface area (Å²) in [6, 6.07) is 1.78. The molecule has 0 radical (unpaired) electrons. The molecule has 2 aromatic heterocycles. The fourth-order valence-corrected chi connectivity index (χ4v) is 4.58. The van der Waals surface area contributed by atoms with E-state index in [0.717, 1.165) is 30.7 Å². The average Bonchev–Trinajstić information content (AvgIpc) is 3.53. The number of hydrogen-bond donors (Lipinski definition) is 1. The van der Waals surface area contributed by atoms with E-state index in [1.807, 2.05) is 24.1 Å². The zero-order chi connectivity index (χ0) is 23.3. The Morgan fingerprint density at radius 2 is 2.17 bits per heavy atom. The summed E-state index contributed by atoms with van der Waals surface area (Å²) in [6.45, 7) is 3.12. The predicted octanol–water partition coefficient (Wildman–Crippen LogP) is 3.65. The SMILES string of the molecule is Cc1cc(C2CCC(=O)N2CCNC(C2=CC=CCC2)C2=COC=CO2)nc(-n2ccnc2)n1.Cl. The second-order valence-corrected chi connectivity index (χ2v) is 8.49. The lowest BCUT2D eigenvalue weighted by molar-refractivity contribution is -0.129. The second kappa shape index (κ2) is 11.3. The van der Waals surface area contributed by atoms with E-state index < -0.39 is 0 Å². The van der Waals surface area contributed by atoms with E-state index in [1.54, 1.807) is 29.6 Å². The molecule has 0 bridgehead atoms. The van der Waals surface area contributed by atoms with Crippen molar-refractivity contribution in [1.82, 2.24) is 29.7 Å². The molecule has 0 spiro atoms. The molecule has 1 aliphatic carbocycles. The Kier molecular flexibility index (Phi) is 7.99. The smallest absolute Gasteiger partial charge is 0.235 e. The third-order valence-corrected chi connectivity index (χ3v) is 6.19. The topological polar surface area (TPSA) is 94.4 Å². The van der Waals surface area contributed by atoms with Crippen molar-refractivity contribution in [1.29, 1.82) is 0 Å². The summed E-state index contributed by atoms with van der Waals surface area (Å²) in [7, 11) is 0. The lowest BCUT2D eigenvalue weighted by Crippen LogP contribution is -2.41. The van der Waals surface area contributed by atoms with Gasteiger partial charge in [-0.15, -0.1) is 12.4 Å². The Balaban J connectivity index is 0.00000289. The number of likely N-dealkylation sites (tertiary alicyclic amines) is 1. The number of allylic oxidation sites excluding steroid dienone is 3. The maximum absolute atomic E-state index is 12.8. The summed E-state index contributed by atoms with van der Waals surface area (Å²) in [6.07, 6.45) is 19.4. The Hall–Kier alpha value is -3.43. The first-order valence-corrected chi connectivity index (χ1v) is 11.6. The minimum absolute atomic E-state index is 0. The Morgan fingerprint density at radius 1 is 1.26 bits per heavy atom. The van der Waals surface area contributed by atoms with Gasteiger partial charge in [0.05, 0.1) is 17.8 Å². The van der Waals surface area contributed by atoms with Crippen LogP contribution in [-0.4, -0.2) is 49.5 Å². The Morgan fingerprint density at radius 3 is 2.91 bits per heavy atom. The van der Waals surface area contributed by atoms with Crippen molar-refractivity contribution in [3.63, 3.8) is 0 Å². The number of carbonyl (C=O) groups is 1. The quantitative estimate of drug-likeness (QED) is 0.596. The first-order valence-electron chi connectivity index (χ1n) is 11.6. The van der Waals surface area contributed by atoms with Gasteiger partial charge < -0.3 is 19.7 Å². The number of ether oxygens (including phenoxy) is 2. The van der Waals surface area contributed by atoms with Gasteiger partial charge in [0.25, 0.3) is 0 Å². The number of halogens is 1. The van der Waals surface area contributed by atoms with Crippen LogP contribution in [0, 0.1) is 6.92 Å². The maximum Gasteiger partial charge on any atom is 0.235 e. The van der Waals surface area contributed by atoms with E-state index in [4.69, 9.17) is 14.5 Å². The molecule has 184 valence electrons. The van der Waals surface area contributed by atoms with Crippen molar-refractivity contribution in [3.8, 4) is 5.95 Å². The first kappa shape index (κ1) is 24.7. The minimum atomic E-state index is -0.111. The molecule has 2 aliphatic heterocycles. The molecule has 2 atom stereocenters. The van der Waals surface area contributed by atoms with Gasteiger partial charge in [-0.05, 0) is 37.8 Å². The maximum atomic E-state index is 12.8. The lowest BCUT2D eigenvalue weighted by Gasteiger charge is -2.28. The van der Waals surface area contributed by atoms with Crippen LogP contribution in [0.1, 0.15) is 43.1 Å². The number of aromatic nitrogens is 4. The summed E-state index contributed by atoms with van der Waals surface area (Å²) >= 11 is 0. The second-order valence-electron chi connectivity index (χ2n) is 8.49. The van der Waals surface area contributed by atoms with E-state index in [2.05, 4.69) is 33.5 Å². The summed E-state index contributed by atoms with van der Waals surface area (Å²) in [5, 5.41) is 3.58. The van der Waals surface area contributed by atoms with Gasteiger partial charge in [-0.2, -0.15) is 0 Å². The molecule has 10 heteroatoms. The third-order valence-electron chi connectivity index (χ3n) is 6.19. The molecular weight excluding hydrogens is 468 g/mol. The van der Waals surface area contributed by atoms with Crippen LogP contribution in [0.4, 0.5) is 0 Å². The van der Waals surface area contributed by atoms with Gasteiger partial charge in [0.15, 0.2) is 5.76 Å². The van der Waals surface area contributed by atoms with E-state index >= 15 is 0 Å².